The lowest BCUT2D eigenvalue weighted by molar-refractivity contribution is 0.457. The highest BCUT2D eigenvalue weighted by Gasteiger charge is 1.93. The molecule has 0 aliphatic carbocycles. The van der Waals surface area contributed by atoms with E-state index < -0.39 is 0 Å². The molecule has 0 N–H and O–H groups in total. The number of nitrogens with zero attached hydrogens (tertiary/aromatic N) is 1. The number of benzene rings is 1. The number of hydrogen-bond acceptors (Lipinski definition) is 1. The van der Waals surface area contributed by atoms with Gasteiger partial charge in [0.1, 0.15) is 0 Å². The quantitative estimate of drug-likeness (QED) is 0.743. The summed E-state index contributed by atoms with van der Waals surface area (Å²) >= 11 is 0. The number of halogens is 1. The SMILES string of the molecule is C/C(=C\CN(C)C)c1ccccc1.Cl. The maximum Gasteiger partial charge on any atom is 0.0162 e. The molecule has 0 fully saturated rings. The molecule has 0 saturated carbocycles. The Kier molecular flexibility index (Phi) is 6.26. The zero-order chi connectivity index (χ0) is 9.68. The molecule has 2 heteroatoms. The molecule has 0 atom stereocenters. The predicted octanol–water partition coefficient (Wildman–Crippen LogP) is 3.07. The van der Waals surface area contributed by atoms with Crippen molar-refractivity contribution in [2.45, 2.75) is 6.92 Å². The maximum atomic E-state index is 2.25. The van der Waals surface area contributed by atoms with Crippen LogP contribution in [-0.4, -0.2) is 25.5 Å². The molecule has 0 saturated heterocycles. The second-order valence-corrected chi connectivity index (χ2v) is 3.52. The van der Waals surface area contributed by atoms with Crippen LogP contribution in [0.5, 0.6) is 0 Å². The van der Waals surface area contributed by atoms with E-state index in [-0.39, 0.29) is 12.4 Å². The number of likely N-dealkylation sites (N-methyl/N-ethyl adjacent to an activating group) is 1. The second-order valence-electron chi connectivity index (χ2n) is 3.52. The van der Waals surface area contributed by atoms with Crippen LogP contribution in [0.4, 0.5) is 0 Å². The zero-order valence-electron chi connectivity index (χ0n) is 9.03. The van der Waals surface area contributed by atoms with Crippen molar-refractivity contribution in [2.24, 2.45) is 0 Å². The summed E-state index contributed by atoms with van der Waals surface area (Å²) in [4.78, 5) is 2.16. The Balaban J connectivity index is 0.00000169. The topological polar surface area (TPSA) is 3.24 Å². The van der Waals surface area contributed by atoms with E-state index in [1.54, 1.807) is 0 Å². The van der Waals surface area contributed by atoms with Gasteiger partial charge in [-0.3, -0.25) is 0 Å². The van der Waals surface area contributed by atoms with Crippen molar-refractivity contribution >= 4 is 18.0 Å². The highest BCUT2D eigenvalue weighted by Crippen LogP contribution is 2.11. The fourth-order valence-electron chi connectivity index (χ4n) is 1.14. The zero-order valence-corrected chi connectivity index (χ0v) is 9.84. The Labute approximate surface area is 92.8 Å². The van der Waals surface area contributed by atoms with Crippen LogP contribution in [0, 0.1) is 0 Å². The summed E-state index contributed by atoms with van der Waals surface area (Å²) in [5, 5.41) is 0. The van der Waals surface area contributed by atoms with E-state index in [1.165, 1.54) is 11.1 Å². The van der Waals surface area contributed by atoms with E-state index in [0.717, 1.165) is 6.54 Å². The normalized spacial score (nSPS) is 11.3. The van der Waals surface area contributed by atoms with Crippen LogP contribution in [0.1, 0.15) is 12.5 Å². The molecule has 1 rings (SSSR count). The highest BCUT2D eigenvalue weighted by atomic mass is 35.5. The first-order valence-corrected chi connectivity index (χ1v) is 4.57. The van der Waals surface area contributed by atoms with E-state index in [1.807, 2.05) is 6.07 Å². The van der Waals surface area contributed by atoms with E-state index in [9.17, 15) is 0 Å². The fraction of sp³-hybridized carbons (Fsp3) is 0.333. The van der Waals surface area contributed by atoms with Gasteiger partial charge in [-0.1, -0.05) is 36.4 Å². The van der Waals surface area contributed by atoms with Crippen LogP contribution < -0.4 is 0 Å². The van der Waals surface area contributed by atoms with Gasteiger partial charge in [-0.05, 0) is 32.2 Å². The third-order valence-electron chi connectivity index (χ3n) is 1.99. The molecule has 0 aromatic heterocycles. The summed E-state index contributed by atoms with van der Waals surface area (Å²) in [6, 6.07) is 10.5. The van der Waals surface area contributed by atoms with Crippen molar-refractivity contribution in [1.29, 1.82) is 0 Å². The van der Waals surface area contributed by atoms with E-state index in [4.69, 9.17) is 0 Å². The Hall–Kier alpha value is -0.790. The van der Waals surface area contributed by atoms with Crippen molar-refractivity contribution in [2.75, 3.05) is 20.6 Å². The molecule has 1 aromatic carbocycles. The Morgan fingerprint density at radius 3 is 2.29 bits per heavy atom. The first kappa shape index (κ1) is 13.2. The van der Waals surface area contributed by atoms with Crippen molar-refractivity contribution in [3.05, 3.63) is 42.0 Å². The number of rotatable bonds is 3. The van der Waals surface area contributed by atoms with Crippen LogP contribution in [0.3, 0.4) is 0 Å². The highest BCUT2D eigenvalue weighted by molar-refractivity contribution is 5.85. The molecule has 1 aromatic rings. The van der Waals surface area contributed by atoms with Crippen molar-refractivity contribution < 1.29 is 0 Å². The minimum atomic E-state index is 0. The van der Waals surface area contributed by atoms with Crippen LogP contribution in [0.15, 0.2) is 36.4 Å². The average molecular weight is 212 g/mol. The minimum absolute atomic E-state index is 0. The summed E-state index contributed by atoms with van der Waals surface area (Å²) < 4.78 is 0. The van der Waals surface area contributed by atoms with Crippen LogP contribution in [0.2, 0.25) is 0 Å². The molecule has 0 aliphatic rings. The van der Waals surface area contributed by atoms with Crippen molar-refractivity contribution in [1.82, 2.24) is 4.90 Å². The average Bonchev–Trinajstić information content (AvgIpc) is 2.15. The lowest BCUT2D eigenvalue weighted by Gasteiger charge is -2.06. The Morgan fingerprint density at radius 2 is 1.79 bits per heavy atom. The molecule has 0 heterocycles. The summed E-state index contributed by atoms with van der Waals surface area (Å²) in [5.74, 6) is 0. The van der Waals surface area contributed by atoms with Gasteiger partial charge in [0.2, 0.25) is 0 Å². The monoisotopic (exact) mass is 211 g/mol. The first-order chi connectivity index (χ1) is 6.20. The van der Waals surface area contributed by atoms with Crippen molar-refractivity contribution in [3.8, 4) is 0 Å². The summed E-state index contributed by atoms with van der Waals surface area (Å²) in [6.07, 6.45) is 2.25. The molecule has 0 amide bonds. The molecule has 78 valence electrons. The van der Waals surface area contributed by atoms with Gasteiger partial charge in [-0.15, -0.1) is 12.4 Å². The van der Waals surface area contributed by atoms with E-state index >= 15 is 0 Å². The Bertz CT molecular complexity index is 278. The lowest BCUT2D eigenvalue weighted by Crippen LogP contribution is -2.10. The first-order valence-electron chi connectivity index (χ1n) is 4.57. The van der Waals surface area contributed by atoms with Gasteiger partial charge in [-0.2, -0.15) is 0 Å². The van der Waals surface area contributed by atoms with Crippen LogP contribution in [0.25, 0.3) is 5.57 Å². The third kappa shape index (κ3) is 4.45. The van der Waals surface area contributed by atoms with E-state index in [0.29, 0.717) is 0 Å². The van der Waals surface area contributed by atoms with Gasteiger partial charge in [0.15, 0.2) is 0 Å². The van der Waals surface area contributed by atoms with Gasteiger partial charge < -0.3 is 4.90 Å². The minimum Gasteiger partial charge on any atom is -0.306 e. The largest absolute Gasteiger partial charge is 0.306 e. The van der Waals surface area contributed by atoms with Crippen LogP contribution >= 0.6 is 12.4 Å². The summed E-state index contributed by atoms with van der Waals surface area (Å²) in [5.41, 5.74) is 2.65. The molecule has 0 spiro atoms. The van der Waals surface area contributed by atoms with Crippen LogP contribution in [-0.2, 0) is 0 Å². The standard InChI is InChI=1S/C12H17N.ClH/c1-11(9-10-13(2)3)12-7-5-4-6-8-12;/h4-9H,10H2,1-3H3;1H/b11-9+;. The van der Waals surface area contributed by atoms with Gasteiger partial charge in [0, 0.05) is 6.54 Å². The smallest absolute Gasteiger partial charge is 0.0162 e. The Morgan fingerprint density at radius 1 is 1.21 bits per heavy atom. The molecule has 0 radical (unpaired) electrons. The van der Waals surface area contributed by atoms with E-state index in [2.05, 4.69) is 56.3 Å². The maximum absolute atomic E-state index is 2.25. The molecular weight excluding hydrogens is 194 g/mol. The molecule has 0 bridgehead atoms. The number of allylic oxidation sites excluding steroid dienone is 1. The molecule has 0 unspecified atom stereocenters. The number of hydrogen-bond donors (Lipinski definition) is 0. The molecule has 1 nitrogen and oxygen atoms in total. The van der Waals surface area contributed by atoms with Gasteiger partial charge in [-0.25, -0.2) is 0 Å². The van der Waals surface area contributed by atoms with Crippen molar-refractivity contribution in [3.63, 3.8) is 0 Å². The molecule has 14 heavy (non-hydrogen) atoms. The summed E-state index contributed by atoms with van der Waals surface area (Å²) in [6.45, 7) is 3.15. The molecular formula is C12H18ClN. The molecule has 0 aliphatic heterocycles. The van der Waals surface area contributed by atoms with Gasteiger partial charge in [0.05, 0.1) is 0 Å². The lowest BCUT2D eigenvalue weighted by atomic mass is 10.1. The third-order valence-corrected chi connectivity index (χ3v) is 1.99. The van der Waals surface area contributed by atoms with Gasteiger partial charge in [0.25, 0.3) is 0 Å². The van der Waals surface area contributed by atoms with Gasteiger partial charge >= 0.3 is 0 Å². The fourth-order valence-corrected chi connectivity index (χ4v) is 1.14. The second kappa shape index (κ2) is 6.63. The predicted molar refractivity (Wildman–Crippen MR) is 65.9 cm³/mol. The summed E-state index contributed by atoms with van der Waals surface area (Å²) in [7, 11) is 4.16.